The number of aryl methyl sites for hydroxylation is 1. The lowest BCUT2D eigenvalue weighted by Gasteiger charge is -2.38. The Labute approximate surface area is 436 Å². The molecule has 20 heteroatoms. The fourth-order valence-electron chi connectivity index (χ4n) is 12.5. The predicted molar refractivity (Wildman–Crippen MR) is 273 cm³/mol. The summed E-state index contributed by atoms with van der Waals surface area (Å²) in [5.74, 6) is -5.62. The maximum atomic E-state index is 16.5. The third kappa shape index (κ3) is 9.58. The molecule has 0 radical (unpaired) electrons. The van der Waals surface area contributed by atoms with Gasteiger partial charge in [-0.2, -0.15) is 5.10 Å². The average molecular weight is 1060 g/mol. The number of amides is 5. The van der Waals surface area contributed by atoms with Gasteiger partial charge >= 0.3 is 6.03 Å². The first-order valence-corrected chi connectivity index (χ1v) is 26.1. The molecular weight excluding hydrogens is 996 g/mol. The third-order valence-electron chi connectivity index (χ3n) is 16.4. The number of nitrogens with zero attached hydrogens (tertiary/aromatic N) is 5. The van der Waals surface area contributed by atoms with Crippen LogP contribution in [0.15, 0.2) is 54.6 Å². The number of carbonyl (C=O) groups is 4. The number of rotatable bonds is 14. The van der Waals surface area contributed by atoms with Crippen molar-refractivity contribution in [1.29, 1.82) is 0 Å². The highest BCUT2D eigenvalue weighted by Gasteiger charge is 2.51. The van der Waals surface area contributed by atoms with Crippen molar-refractivity contribution in [2.75, 3.05) is 63.9 Å². The van der Waals surface area contributed by atoms with Gasteiger partial charge in [-0.05, 0) is 93.1 Å². The van der Waals surface area contributed by atoms with E-state index in [4.69, 9.17) is 26.8 Å². The summed E-state index contributed by atoms with van der Waals surface area (Å²) in [6, 6.07) is 13.7. The van der Waals surface area contributed by atoms with Crippen molar-refractivity contribution >= 4 is 52.1 Å². The van der Waals surface area contributed by atoms with Gasteiger partial charge < -0.3 is 35.4 Å². The fraction of sp³-hybridized carbons (Fsp3) is 0.473. The molecule has 5 heterocycles. The second-order valence-electron chi connectivity index (χ2n) is 21.3. The molecule has 398 valence electrons. The van der Waals surface area contributed by atoms with Crippen LogP contribution in [0.2, 0.25) is 5.02 Å². The molecule has 3 saturated heterocycles. The largest absolute Gasteiger partial charge is 0.488 e. The van der Waals surface area contributed by atoms with Crippen LogP contribution in [0.1, 0.15) is 104 Å². The molecule has 1 saturated carbocycles. The fourth-order valence-corrected chi connectivity index (χ4v) is 12.8. The van der Waals surface area contributed by atoms with Crippen LogP contribution in [0.25, 0.3) is 22.0 Å². The second-order valence-corrected chi connectivity index (χ2v) is 21.6. The van der Waals surface area contributed by atoms with Crippen LogP contribution in [-0.2, 0) is 22.2 Å². The maximum absolute atomic E-state index is 16.5. The number of nitrogens with one attached hydrogen (secondary N) is 2. The topological polar surface area (TPSA) is 185 Å². The number of ether oxygens (including phenoxy) is 2. The first kappa shape index (κ1) is 52.2. The molecule has 4 fully saturated rings. The van der Waals surface area contributed by atoms with Crippen molar-refractivity contribution in [1.82, 2.24) is 30.2 Å². The number of benzene rings is 4. The van der Waals surface area contributed by atoms with Crippen LogP contribution in [0, 0.1) is 34.6 Å². The summed E-state index contributed by atoms with van der Waals surface area (Å²) >= 11 is 6.72. The monoisotopic (exact) mass is 1060 g/mol. The minimum atomic E-state index is -1.14. The molecule has 5 amide bonds. The van der Waals surface area contributed by atoms with E-state index in [1.54, 1.807) is 7.05 Å². The number of aromatic nitrogens is 2. The Hall–Kier alpha value is -6.28. The van der Waals surface area contributed by atoms with E-state index >= 15 is 17.6 Å². The smallest absolute Gasteiger partial charge is 0.329 e. The molecule has 1 aliphatic carbocycles. The maximum Gasteiger partial charge on any atom is 0.329 e. The van der Waals surface area contributed by atoms with Gasteiger partial charge in [0.15, 0.2) is 28.8 Å². The lowest BCUT2D eigenvalue weighted by atomic mass is 9.77. The van der Waals surface area contributed by atoms with Crippen LogP contribution in [0.4, 0.5) is 28.2 Å². The highest BCUT2D eigenvalue weighted by Crippen LogP contribution is 2.57. The van der Waals surface area contributed by atoms with Crippen molar-refractivity contribution in [2.45, 2.75) is 88.7 Å². The molecule has 3 unspecified atom stereocenters. The Balaban J connectivity index is 0.767. The second kappa shape index (κ2) is 20.7. The molecular formula is C55H61ClF4N8O7. The number of likely N-dealkylation sites (tertiary alicyclic amines) is 2. The molecule has 0 bridgehead atoms. The summed E-state index contributed by atoms with van der Waals surface area (Å²) in [6.07, 6.45) is 4.76. The number of carbonyl (C=O) groups excluding carboxylic acids is 4. The zero-order valence-corrected chi connectivity index (χ0v) is 42.9. The summed E-state index contributed by atoms with van der Waals surface area (Å²) in [5.41, 5.74) is 5.10. The van der Waals surface area contributed by atoms with E-state index in [9.17, 15) is 24.3 Å². The van der Waals surface area contributed by atoms with Crippen LogP contribution in [-0.4, -0.2) is 114 Å². The van der Waals surface area contributed by atoms with E-state index in [0.29, 0.717) is 57.4 Å². The number of fused-ring (bicyclic) bond motifs is 2. The number of aliphatic hydroxyl groups excluding tert-OH is 1. The third-order valence-corrected chi connectivity index (χ3v) is 16.8. The van der Waals surface area contributed by atoms with Gasteiger partial charge in [-0.15, -0.1) is 0 Å². The summed E-state index contributed by atoms with van der Waals surface area (Å²) in [6.45, 7) is 7.06. The van der Waals surface area contributed by atoms with Crippen molar-refractivity contribution in [3.05, 3.63) is 105 Å². The number of hydrogen-bond donors (Lipinski definition) is 4. The van der Waals surface area contributed by atoms with Gasteiger partial charge in [0, 0.05) is 92.4 Å². The number of anilines is 1. The molecule has 5 N–H and O–H groups in total. The molecule has 4 aliphatic heterocycles. The summed E-state index contributed by atoms with van der Waals surface area (Å²) < 4.78 is 78.2. The van der Waals surface area contributed by atoms with Crippen LogP contribution >= 0.6 is 11.6 Å². The number of hydrogen-bond acceptors (Lipinski definition) is 10. The number of imide groups is 1. The number of aliphatic hydroxyl groups is 1. The zero-order valence-electron chi connectivity index (χ0n) is 42.1. The molecule has 3 atom stereocenters. The predicted octanol–water partition coefficient (Wildman–Crippen LogP) is 8.02. The normalized spacial score (nSPS) is 24.4. The van der Waals surface area contributed by atoms with Gasteiger partial charge in [-0.25, -0.2) is 22.4 Å². The average Bonchev–Trinajstić information content (AvgIpc) is 4.04. The van der Waals surface area contributed by atoms with E-state index in [0.717, 1.165) is 31.4 Å². The van der Waals surface area contributed by atoms with Crippen molar-refractivity contribution in [2.24, 2.45) is 24.1 Å². The molecule has 4 aromatic carbocycles. The number of primary amides is 1. The van der Waals surface area contributed by atoms with Gasteiger partial charge in [0.05, 0.1) is 22.6 Å². The lowest BCUT2D eigenvalue weighted by molar-refractivity contribution is -0.136. The van der Waals surface area contributed by atoms with Gasteiger partial charge in [0.1, 0.15) is 29.5 Å². The number of nitrogens with two attached hydrogens (primary N) is 1. The Kier molecular flexibility index (Phi) is 14.4. The Bertz CT molecular complexity index is 3070. The highest BCUT2D eigenvalue weighted by atomic mass is 35.5. The Morgan fingerprint density at radius 1 is 0.947 bits per heavy atom. The summed E-state index contributed by atoms with van der Waals surface area (Å²) in [4.78, 5) is 56.8. The molecule has 15 nitrogen and oxygen atoms in total. The first-order chi connectivity index (χ1) is 35.9. The molecule has 5 aromatic rings. The molecule has 5 aliphatic rings. The summed E-state index contributed by atoms with van der Waals surface area (Å²) in [7, 11) is 1.55. The van der Waals surface area contributed by atoms with E-state index in [-0.39, 0.29) is 106 Å². The van der Waals surface area contributed by atoms with Crippen LogP contribution in [0.3, 0.4) is 0 Å². The van der Waals surface area contributed by atoms with Crippen molar-refractivity contribution < 1.29 is 51.3 Å². The van der Waals surface area contributed by atoms with E-state index in [1.807, 2.05) is 42.2 Å². The minimum absolute atomic E-state index is 0.0151. The van der Waals surface area contributed by atoms with Crippen LogP contribution < -0.4 is 30.7 Å². The van der Waals surface area contributed by atoms with Gasteiger partial charge in [0.25, 0.3) is 0 Å². The number of urea groups is 1. The SMILES string of the molecule is CC1c2c(cc(F)c(Cl)c2-c2c(C(N)=O)ccc(OCCO)c2F)OC1(CNC1CCC(C(=O)N2CCC(C)(CN3CCC(c4c(F)cc5c(N6CCC(=O)NC6=O)nn(C)c5c4F)CC3)C2)CC1)c1ccccc1. The molecule has 75 heavy (non-hydrogen) atoms. The minimum Gasteiger partial charge on any atom is -0.488 e. The quantitative estimate of drug-likeness (QED) is 0.0795. The van der Waals surface area contributed by atoms with Crippen molar-refractivity contribution in [3.63, 3.8) is 0 Å². The molecule has 10 rings (SSSR count). The highest BCUT2D eigenvalue weighted by molar-refractivity contribution is 6.34. The van der Waals surface area contributed by atoms with Gasteiger partial charge in [-0.3, -0.25) is 29.3 Å². The van der Waals surface area contributed by atoms with E-state index < -0.39 is 64.3 Å². The molecule has 1 aromatic heterocycles. The standard InChI is InChI=1S/C55H61ClF4N8O7/c1-30-42-40(26-38(58)46(56)45(42)44-35(50(61)71)13-14-39(47(44)59)74-24-23-69)75-55(30,33-7-5-4-6-8-33)27-62-34-11-9-32(10-12-34)52(72)67-22-18-54(2,29-67)28-66-19-15-31(16-20-66)43-37(57)25-36-49(48(43)60)65(3)64-51(36)68-21-17-41(70)63-53(68)73/h4-8,13-14,25-26,30-32,34,62,69H,9-12,15-24,27-29H2,1-3H3,(H2,61,71)(H,63,70,73). The zero-order chi connectivity index (χ0) is 53.1. The Morgan fingerprint density at radius 3 is 2.37 bits per heavy atom. The van der Waals surface area contributed by atoms with Crippen LogP contribution in [0.5, 0.6) is 11.5 Å². The lowest BCUT2D eigenvalue weighted by Crippen LogP contribution is -2.49. The molecule has 0 spiro atoms. The van der Waals surface area contributed by atoms with E-state index in [2.05, 4.69) is 27.6 Å². The van der Waals surface area contributed by atoms with E-state index in [1.165, 1.54) is 33.8 Å². The summed E-state index contributed by atoms with van der Waals surface area (Å²) in [5, 5.41) is 19.4. The number of piperidine rings is 1. The number of halogens is 5. The Morgan fingerprint density at radius 2 is 1.68 bits per heavy atom. The van der Waals surface area contributed by atoms with Crippen molar-refractivity contribution in [3.8, 4) is 22.6 Å². The van der Waals surface area contributed by atoms with Gasteiger partial charge in [-0.1, -0.05) is 55.8 Å². The van der Waals surface area contributed by atoms with Gasteiger partial charge in [0.2, 0.25) is 17.7 Å². The first-order valence-electron chi connectivity index (χ1n) is 25.7.